The molecule has 1 aromatic carbocycles. The molecule has 0 aliphatic heterocycles. The van der Waals surface area contributed by atoms with Crippen molar-refractivity contribution in [1.29, 1.82) is 0 Å². The van der Waals surface area contributed by atoms with Gasteiger partial charge >= 0.3 is 0 Å². The zero-order valence-corrected chi connectivity index (χ0v) is 12.9. The lowest BCUT2D eigenvalue weighted by atomic mass is 10.0. The average Bonchev–Trinajstić information content (AvgIpc) is 2.16. The van der Waals surface area contributed by atoms with Crippen LogP contribution in [0, 0.1) is 3.57 Å². The summed E-state index contributed by atoms with van der Waals surface area (Å²) in [5, 5.41) is 0.713. The first-order valence-electron chi connectivity index (χ1n) is 4.09. The Balaban J connectivity index is 3.14. The van der Waals surface area contributed by atoms with Crippen molar-refractivity contribution in [2.75, 3.05) is 0 Å². The zero-order chi connectivity index (χ0) is 10.7. The second kappa shape index (κ2) is 5.61. The van der Waals surface area contributed by atoms with Gasteiger partial charge in [0.15, 0.2) is 5.78 Å². The van der Waals surface area contributed by atoms with Crippen LogP contribution in [-0.2, 0) is 5.33 Å². The number of alkyl halides is 2. The van der Waals surface area contributed by atoms with Crippen molar-refractivity contribution in [2.45, 2.75) is 17.1 Å². The van der Waals surface area contributed by atoms with E-state index in [-0.39, 0.29) is 10.6 Å². The number of Topliss-reactive ketones (excluding diaryl/α,β-unsaturated/α-hetero) is 1. The number of benzene rings is 1. The van der Waals surface area contributed by atoms with E-state index in [0.29, 0.717) is 5.33 Å². The molecule has 1 rings (SSSR count). The highest BCUT2D eigenvalue weighted by atomic mass is 127. The van der Waals surface area contributed by atoms with E-state index in [9.17, 15) is 4.79 Å². The van der Waals surface area contributed by atoms with Crippen LogP contribution in [0.15, 0.2) is 18.2 Å². The van der Waals surface area contributed by atoms with Gasteiger partial charge in [-0.05, 0) is 47.2 Å². The van der Waals surface area contributed by atoms with Crippen LogP contribution >= 0.6 is 54.5 Å². The molecule has 0 radical (unpaired) electrons. The van der Waals surface area contributed by atoms with E-state index in [1.807, 2.05) is 25.1 Å². The minimum Gasteiger partial charge on any atom is -0.293 e. The summed E-state index contributed by atoms with van der Waals surface area (Å²) in [6.45, 7) is 1.85. The lowest BCUT2D eigenvalue weighted by molar-refractivity contribution is 0.0995. The number of hydrogen-bond acceptors (Lipinski definition) is 1. The zero-order valence-electron chi connectivity index (χ0n) is 7.56. The fraction of sp³-hybridized carbons (Fsp3) is 0.300. The van der Waals surface area contributed by atoms with Crippen LogP contribution in [0.3, 0.4) is 0 Å². The van der Waals surface area contributed by atoms with E-state index < -0.39 is 0 Å². The van der Waals surface area contributed by atoms with E-state index in [1.54, 1.807) is 0 Å². The molecule has 14 heavy (non-hydrogen) atoms. The molecule has 0 fully saturated rings. The SMILES string of the molecule is CC(Br)C(=O)c1ccc(I)cc1CBr. The second-order valence-electron chi connectivity index (χ2n) is 2.92. The molecule has 0 bridgehead atoms. The minimum atomic E-state index is -0.125. The third kappa shape index (κ3) is 3.03. The highest BCUT2D eigenvalue weighted by Crippen LogP contribution is 2.20. The molecular formula is C10H9Br2IO. The molecule has 0 aliphatic carbocycles. The van der Waals surface area contributed by atoms with E-state index in [4.69, 9.17) is 0 Å². The van der Waals surface area contributed by atoms with Crippen molar-refractivity contribution in [2.24, 2.45) is 0 Å². The third-order valence-electron chi connectivity index (χ3n) is 1.84. The van der Waals surface area contributed by atoms with Crippen LogP contribution in [0.5, 0.6) is 0 Å². The van der Waals surface area contributed by atoms with Crippen LogP contribution in [0.2, 0.25) is 0 Å². The maximum Gasteiger partial charge on any atom is 0.176 e. The summed E-state index contributed by atoms with van der Waals surface area (Å²) in [6, 6.07) is 5.87. The topological polar surface area (TPSA) is 17.1 Å². The minimum absolute atomic E-state index is 0.125. The van der Waals surface area contributed by atoms with E-state index in [1.165, 1.54) is 0 Å². The number of hydrogen-bond donors (Lipinski definition) is 0. The van der Waals surface area contributed by atoms with Gasteiger partial charge in [-0.15, -0.1) is 0 Å². The maximum atomic E-state index is 11.8. The quantitative estimate of drug-likeness (QED) is 0.399. The average molecular weight is 432 g/mol. The van der Waals surface area contributed by atoms with Gasteiger partial charge in [0.25, 0.3) is 0 Å². The van der Waals surface area contributed by atoms with Crippen molar-refractivity contribution in [3.8, 4) is 0 Å². The Morgan fingerprint density at radius 2 is 2.21 bits per heavy atom. The van der Waals surface area contributed by atoms with Crippen LogP contribution in [-0.4, -0.2) is 10.6 Å². The molecule has 1 nitrogen and oxygen atoms in total. The smallest absolute Gasteiger partial charge is 0.176 e. The molecule has 0 heterocycles. The molecule has 0 N–H and O–H groups in total. The number of carbonyl (C=O) groups is 1. The summed E-state index contributed by atoms with van der Waals surface area (Å²) < 4.78 is 1.15. The predicted octanol–water partition coefficient (Wildman–Crippen LogP) is 4.15. The van der Waals surface area contributed by atoms with Gasteiger partial charge < -0.3 is 0 Å². The van der Waals surface area contributed by atoms with Crippen LogP contribution < -0.4 is 0 Å². The lowest BCUT2D eigenvalue weighted by Gasteiger charge is -2.08. The second-order valence-corrected chi connectivity index (χ2v) is 6.10. The standard InChI is InChI=1S/C10H9Br2IO/c1-6(12)10(14)9-3-2-8(13)4-7(9)5-11/h2-4,6H,5H2,1H3. The van der Waals surface area contributed by atoms with Crippen molar-refractivity contribution in [3.05, 3.63) is 32.9 Å². The molecule has 1 atom stereocenters. The molecule has 0 saturated carbocycles. The van der Waals surface area contributed by atoms with Crippen molar-refractivity contribution in [1.82, 2.24) is 0 Å². The summed E-state index contributed by atoms with van der Waals surface area (Å²) in [6.07, 6.45) is 0. The third-order valence-corrected chi connectivity index (χ3v) is 3.53. The first-order chi connectivity index (χ1) is 6.56. The highest BCUT2D eigenvalue weighted by Gasteiger charge is 2.15. The van der Waals surface area contributed by atoms with Gasteiger partial charge in [0, 0.05) is 14.5 Å². The lowest BCUT2D eigenvalue weighted by Crippen LogP contribution is -2.12. The van der Waals surface area contributed by atoms with Crippen LogP contribution in [0.4, 0.5) is 0 Å². The number of halogens is 3. The Morgan fingerprint density at radius 1 is 1.57 bits per heavy atom. The van der Waals surface area contributed by atoms with Crippen molar-refractivity contribution in [3.63, 3.8) is 0 Å². The van der Waals surface area contributed by atoms with E-state index in [2.05, 4.69) is 54.5 Å². The van der Waals surface area contributed by atoms with Gasteiger partial charge in [-0.25, -0.2) is 0 Å². The fourth-order valence-electron chi connectivity index (χ4n) is 1.13. The van der Waals surface area contributed by atoms with Gasteiger partial charge in [-0.1, -0.05) is 37.9 Å². The van der Waals surface area contributed by atoms with Gasteiger partial charge in [0.2, 0.25) is 0 Å². The molecule has 0 saturated heterocycles. The van der Waals surface area contributed by atoms with Crippen molar-refractivity contribution < 1.29 is 4.79 Å². The molecule has 76 valence electrons. The molecule has 0 aliphatic rings. The van der Waals surface area contributed by atoms with Gasteiger partial charge in [0.1, 0.15) is 0 Å². The van der Waals surface area contributed by atoms with Gasteiger partial charge in [-0.2, -0.15) is 0 Å². The number of carbonyl (C=O) groups excluding carboxylic acids is 1. The number of rotatable bonds is 3. The fourth-order valence-corrected chi connectivity index (χ4v) is 2.39. The Bertz CT molecular complexity index is 350. The van der Waals surface area contributed by atoms with Gasteiger partial charge in [0.05, 0.1) is 4.83 Å². The van der Waals surface area contributed by atoms with Crippen LogP contribution in [0.25, 0.3) is 0 Å². The summed E-state index contributed by atoms with van der Waals surface area (Å²) in [4.78, 5) is 11.6. The summed E-state index contributed by atoms with van der Waals surface area (Å²) in [5.41, 5.74) is 1.85. The maximum absolute atomic E-state index is 11.8. The summed E-state index contributed by atoms with van der Waals surface area (Å²) in [5.74, 6) is 0.135. The summed E-state index contributed by atoms with van der Waals surface area (Å²) in [7, 11) is 0. The van der Waals surface area contributed by atoms with E-state index >= 15 is 0 Å². The predicted molar refractivity (Wildman–Crippen MR) is 74.5 cm³/mol. The molecule has 4 heteroatoms. The normalized spacial score (nSPS) is 12.6. The van der Waals surface area contributed by atoms with Gasteiger partial charge in [-0.3, -0.25) is 4.79 Å². The molecule has 0 spiro atoms. The molecule has 0 aromatic heterocycles. The Morgan fingerprint density at radius 3 is 2.71 bits per heavy atom. The largest absolute Gasteiger partial charge is 0.293 e. The first kappa shape index (κ1) is 12.6. The molecule has 1 aromatic rings. The first-order valence-corrected chi connectivity index (χ1v) is 7.20. The monoisotopic (exact) mass is 430 g/mol. The van der Waals surface area contributed by atoms with E-state index in [0.717, 1.165) is 14.7 Å². The Labute approximate surface area is 114 Å². The van der Waals surface area contributed by atoms with Crippen molar-refractivity contribution >= 4 is 60.2 Å². The van der Waals surface area contributed by atoms with Crippen LogP contribution in [0.1, 0.15) is 22.8 Å². The molecule has 1 unspecified atom stereocenters. The molecular weight excluding hydrogens is 423 g/mol. The Kier molecular flexibility index (Phi) is 5.06. The highest BCUT2D eigenvalue weighted by molar-refractivity contribution is 14.1. The number of ketones is 1. The Hall–Kier alpha value is 0.580. The molecule has 0 amide bonds. The summed E-state index contributed by atoms with van der Waals surface area (Å²) >= 11 is 8.92.